The number of ether oxygens (including phenoxy) is 1. The molecule has 9 nitrogen and oxygen atoms in total. The van der Waals surface area contributed by atoms with Gasteiger partial charge in [-0.15, -0.1) is 0 Å². The molecule has 3 rings (SSSR count). The highest BCUT2D eigenvalue weighted by atomic mass is 32.2. The number of nitrogens with zero attached hydrogens (tertiary/aromatic N) is 1. The molecular weight excluding hydrogens is 456 g/mol. The molecule has 1 heterocycles. The van der Waals surface area contributed by atoms with Gasteiger partial charge in [0, 0.05) is 18.8 Å². The Hall–Kier alpha value is -2.63. The minimum Gasteiger partial charge on any atom is -0.482 e. The van der Waals surface area contributed by atoms with Crippen LogP contribution in [0.2, 0.25) is 0 Å². The molecule has 11 heteroatoms. The molecule has 0 saturated carbocycles. The maximum absolute atomic E-state index is 12.9. The zero-order chi connectivity index (χ0) is 23.4. The van der Waals surface area contributed by atoms with Crippen molar-refractivity contribution in [1.29, 1.82) is 0 Å². The predicted octanol–water partition coefficient (Wildman–Crippen LogP) is 2.82. The number of carboxylic acids is 1. The van der Waals surface area contributed by atoms with Crippen molar-refractivity contribution in [2.45, 2.75) is 42.4 Å². The molecule has 0 spiro atoms. The number of aliphatic carboxylic acids is 1. The van der Waals surface area contributed by atoms with E-state index in [2.05, 4.69) is 4.72 Å². The van der Waals surface area contributed by atoms with Crippen molar-refractivity contribution in [2.75, 3.05) is 24.4 Å². The van der Waals surface area contributed by atoms with Crippen molar-refractivity contribution >= 4 is 31.7 Å². The van der Waals surface area contributed by atoms with Gasteiger partial charge < -0.3 is 9.84 Å². The van der Waals surface area contributed by atoms with Crippen molar-refractivity contribution in [3.8, 4) is 5.75 Å². The van der Waals surface area contributed by atoms with E-state index in [1.165, 1.54) is 46.8 Å². The van der Waals surface area contributed by atoms with Crippen molar-refractivity contribution in [2.24, 2.45) is 0 Å². The fraction of sp³-hybridized carbons (Fsp3) is 0.381. The molecule has 1 saturated heterocycles. The number of benzene rings is 2. The normalized spacial score (nSPS) is 15.7. The summed E-state index contributed by atoms with van der Waals surface area (Å²) in [5, 5.41) is 8.70. The van der Waals surface area contributed by atoms with Gasteiger partial charge in [-0.3, -0.25) is 4.72 Å². The van der Waals surface area contributed by atoms with Crippen molar-refractivity contribution in [3.63, 3.8) is 0 Å². The molecule has 0 radical (unpaired) electrons. The van der Waals surface area contributed by atoms with Gasteiger partial charge in [0.2, 0.25) is 10.0 Å². The molecule has 174 valence electrons. The van der Waals surface area contributed by atoms with E-state index in [1.807, 2.05) is 0 Å². The number of hydrogen-bond donors (Lipinski definition) is 2. The average molecular weight is 483 g/mol. The first-order valence-electron chi connectivity index (χ1n) is 10.2. The first-order chi connectivity index (χ1) is 15.1. The van der Waals surface area contributed by atoms with Crippen LogP contribution in [0.25, 0.3) is 0 Å². The van der Waals surface area contributed by atoms with E-state index >= 15 is 0 Å². The topological polar surface area (TPSA) is 130 Å². The van der Waals surface area contributed by atoms with Crippen LogP contribution in [0.4, 0.5) is 5.69 Å². The lowest BCUT2D eigenvalue weighted by Gasteiger charge is -2.20. The third kappa shape index (κ3) is 5.78. The SMILES string of the molecule is Cc1cc(S(=O)(=O)Nc2ccc(S(=O)(=O)N3CCCCCC3)cc2)ccc1OCC(=O)O. The second kappa shape index (κ2) is 9.88. The molecule has 1 aliphatic heterocycles. The van der Waals surface area contributed by atoms with Gasteiger partial charge in [-0.05, 0) is 67.8 Å². The van der Waals surface area contributed by atoms with Gasteiger partial charge >= 0.3 is 5.97 Å². The molecule has 1 aliphatic rings. The molecule has 0 amide bonds. The number of rotatable bonds is 8. The fourth-order valence-corrected chi connectivity index (χ4v) is 6.09. The van der Waals surface area contributed by atoms with Gasteiger partial charge in [0.05, 0.1) is 9.79 Å². The molecule has 0 bridgehead atoms. The standard InChI is InChI=1S/C21H26N2O7S2/c1-16-14-19(10-11-20(16)30-15-21(24)25)31(26,27)22-17-6-8-18(9-7-17)32(28,29)23-12-4-2-3-5-13-23/h6-11,14,22H,2-5,12-13,15H2,1H3,(H,24,25). The summed E-state index contributed by atoms with van der Waals surface area (Å²) in [6.07, 6.45) is 3.69. The summed E-state index contributed by atoms with van der Waals surface area (Å²) in [6, 6.07) is 9.70. The lowest BCUT2D eigenvalue weighted by atomic mass is 10.2. The number of carboxylic acid groups (broad SMARTS) is 1. The molecule has 1 fully saturated rings. The van der Waals surface area contributed by atoms with Crippen LogP contribution in [0.1, 0.15) is 31.2 Å². The quantitative estimate of drug-likeness (QED) is 0.592. The number of anilines is 1. The molecule has 2 aromatic rings. The fourth-order valence-electron chi connectivity index (χ4n) is 3.43. The van der Waals surface area contributed by atoms with E-state index in [4.69, 9.17) is 9.84 Å². The third-order valence-corrected chi connectivity index (χ3v) is 8.41. The van der Waals surface area contributed by atoms with Crippen LogP contribution in [0.5, 0.6) is 5.75 Å². The lowest BCUT2D eigenvalue weighted by molar-refractivity contribution is -0.139. The summed E-state index contributed by atoms with van der Waals surface area (Å²) in [7, 11) is -7.56. The largest absolute Gasteiger partial charge is 0.482 e. The Bertz CT molecular complexity index is 1170. The zero-order valence-electron chi connectivity index (χ0n) is 17.7. The van der Waals surface area contributed by atoms with Gasteiger partial charge in [0.15, 0.2) is 6.61 Å². The highest BCUT2D eigenvalue weighted by Gasteiger charge is 2.25. The van der Waals surface area contributed by atoms with Gasteiger partial charge in [0.25, 0.3) is 10.0 Å². The number of hydrogen-bond acceptors (Lipinski definition) is 6. The number of sulfonamides is 2. The predicted molar refractivity (Wildman–Crippen MR) is 119 cm³/mol. The van der Waals surface area contributed by atoms with E-state index in [1.54, 1.807) is 6.92 Å². The van der Waals surface area contributed by atoms with Crippen LogP contribution >= 0.6 is 0 Å². The second-order valence-electron chi connectivity index (χ2n) is 7.56. The molecule has 32 heavy (non-hydrogen) atoms. The first-order valence-corrected chi connectivity index (χ1v) is 13.1. The van der Waals surface area contributed by atoms with Gasteiger partial charge in [-0.1, -0.05) is 12.8 Å². The van der Waals surface area contributed by atoms with E-state index in [0.29, 0.717) is 18.7 Å². The molecule has 2 N–H and O–H groups in total. The smallest absolute Gasteiger partial charge is 0.341 e. The third-order valence-electron chi connectivity index (χ3n) is 5.12. The van der Waals surface area contributed by atoms with E-state index in [9.17, 15) is 21.6 Å². The molecule has 0 aromatic heterocycles. The molecule has 0 atom stereocenters. The number of aryl methyl sites for hydroxylation is 1. The minimum absolute atomic E-state index is 0.0288. The highest BCUT2D eigenvalue weighted by Crippen LogP contribution is 2.25. The monoisotopic (exact) mass is 482 g/mol. The first kappa shape index (κ1) is 24.0. The van der Waals surface area contributed by atoms with E-state index in [0.717, 1.165) is 25.7 Å². The summed E-state index contributed by atoms with van der Waals surface area (Å²) >= 11 is 0. The summed E-state index contributed by atoms with van der Waals surface area (Å²) in [5.41, 5.74) is 0.691. The summed E-state index contributed by atoms with van der Waals surface area (Å²) in [6.45, 7) is 2.06. The van der Waals surface area contributed by atoms with Crippen molar-refractivity contribution in [1.82, 2.24) is 4.31 Å². The van der Waals surface area contributed by atoms with Crippen LogP contribution in [0, 0.1) is 6.92 Å². The Morgan fingerprint density at radius 3 is 2.12 bits per heavy atom. The Labute approximate surface area is 188 Å². The average Bonchev–Trinajstić information content (AvgIpc) is 3.03. The summed E-state index contributed by atoms with van der Waals surface area (Å²) < 4.78 is 60.2. The summed E-state index contributed by atoms with van der Waals surface area (Å²) in [5.74, 6) is -0.863. The lowest BCUT2D eigenvalue weighted by Crippen LogP contribution is -2.31. The van der Waals surface area contributed by atoms with E-state index in [-0.39, 0.29) is 21.2 Å². The van der Waals surface area contributed by atoms with E-state index < -0.39 is 32.6 Å². The Balaban J connectivity index is 1.74. The Morgan fingerprint density at radius 2 is 1.56 bits per heavy atom. The van der Waals surface area contributed by atoms with Gasteiger partial charge in [0.1, 0.15) is 5.75 Å². The molecule has 2 aromatic carbocycles. The molecular formula is C21H26N2O7S2. The van der Waals surface area contributed by atoms with Gasteiger partial charge in [-0.2, -0.15) is 4.31 Å². The zero-order valence-corrected chi connectivity index (χ0v) is 19.3. The van der Waals surface area contributed by atoms with Crippen LogP contribution in [-0.2, 0) is 24.8 Å². The Morgan fingerprint density at radius 1 is 0.969 bits per heavy atom. The highest BCUT2D eigenvalue weighted by molar-refractivity contribution is 7.92. The Kier molecular flexibility index (Phi) is 7.42. The molecule has 0 aliphatic carbocycles. The van der Waals surface area contributed by atoms with Gasteiger partial charge in [-0.25, -0.2) is 21.6 Å². The van der Waals surface area contributed by atoms with Crippen LogP contribution in [0.15, 0.2) is 52.3 Å². The molecule has 0 unspecified atom stereocenters. The maximum Gasteiger partial charge on any atom is 0.341 e. The number of nitrogens with one attached hydrogen (secondary N) is 1. The van der Waals surface area contributed by atoms with Crippen LogP contribution in [-0.4, -0.2) is 51.9 Å². The van der Waals surface area contributed by atoms with Crippen molar-refractivity contribution < 1.29 is 31.5 Å². The minimum atomic E-state index is -3.94. The van der Waals surface area contributed by atoms with Crippen molar-refractivity contribution in [3.05, 3.63) is 48.0 Å². The van der Waals surface area contributed by atoms with Crippen LogP contribution < -0.4 is 9.46 Å². The number of carbonyl (C=O) groups is 1. The van der Waals surface area contributed by atoms with Crippen LogP contribution in [0.3, 0.4) is 0 Å². The second-order valence-corrected chi connectivity index (χ2v) is 11.2. The maximum atomic E-state index is 12.9. The summed E-state index contributed by atoms with van der Waals surface area (Å²) in [4.78, 5) is 10.7.